The Morgan fingerprint density at radius 1 is 1.23 bits per heavy atom. The van der Waals surface area contributed by atoms with E-state index in [1.165, 1.54) is 12.1 Å². The van der Waals surface area contributed by atoms with Gasteiger partial charge in [0.2, 0.25) is 0 Å². The lowest BCUT2D eigenvalue weighted by atomic mass is 10.2. The average Bonchev–Trinajstić information content (AvgIpc) is 2.42. The van der Waals surface area contributed by atoms with Gasteiger partial charge in [0.15, 0.2) is 0 Å². The van der Waals surface area contributed by atoms with Crippen LogP contribution in [0.3, 0.4) is 0 Å². The van der Waals surface area contributed by atoms with Crippen LogP contribution in [0.1, 0.15) is 5.56 Å². The maximum Gasteiger partial charge on any atom is 0.289 e. The average molecular weight is 406 g/mol. The van der Waals surface area contributed by atoms with E-state index in [0.29, 0.717) is 11.3 Å². The van der Waals surface area contributed by atoms with Crippen molar-refractivity contribution in [1.82, 2.24) is 0 Å². The van der Waals surface area contributed by atoms with Crippen LogP contribution in [0.4, 0.5) is 11.4 Å². The topological polar surface area (TPSA) is 89.3 Å². The summed E-state index contributed by atoms with van der Waals surface area (Å²) < 4.78 is 27.9. The first-order valence-electron chi connectivity index (χ1n) is 5.93. The summed E-state index contributed by atoms with van der Waals surface area (Å²) in [7, 11) is -3.95. The number of aryl methyl sites for hydroxylation is 1. The van der Waals surface area contributed by atoms with E-state index in [9.17, 15) is 18.5 Å². The van der Waals surface area contributed by atoms with Gasteiger partial charge in [0.1, 0.15) is 5.02 Å². The van der Waals surface area contributed by atoms with Crippen LogP contribution in [0.25, 0.3) is 0 Å². The van der Waals surface area contributed by atoms with Crippen molar-refractivity contribution in [2.24, 2.45) is 0 Å². The van der Waals surface area contributed by atoms with Crippen LogP contribution in [0, 0.1) is 17.0 Å². The molecule has 0 amide bonds. The first-order chi connectivity index (χ1) is 10.2. The van der Waals surface area contributed by atoms with E-state index in [1.807, 2.05) is 0 Å². The molecule has 22 heavy (non-hydrogen) atoms. The molecule has 0 aromatic heterocycles. The SMILES string of the molecule is Cc1cc(Br)ccc1NS(=O)(=O)c1ccc(Cl)c([N+](=O)[O-])c1. The molecule has 1 N–H and O–H groups in total. The van der Waals surface area contributed by atoms with Crippen molar-refractivity contribution in [3.05, 3.63) is 61.6 Å². The number of hydrogen-bond donors (Lipinski definition) is 1. The van der Waals surface area contributed by atoms with Crippen molar-refractivity contribution in [3.63, 3.8) is 0 Å². The molecule has 0 saturated carbocycles. The monoisotopic (exact) mass is 404 g/mol. The molecule has 0 aliphatic carbocycles. The first-order valence-corrected chi connectivity index (χ1v) is 8.59. The number of halogens is 2. The Hall–Kier alpha value is -1.64. The van der Waals surface area contributed by atoms with Gasteiger partial charge in [-0.1, -0.05) is 27.5 Å². The molecule has 0 bridgehead atoms. The number of nitrogens with one attached hydrogen (secondary N) is 1. The lowest BCUT2D eigenvalue weighted by molar-refractivity contribution is -0.384. The zero-order valence-electron chi connectivity index (χ0n) is 11.2. The molecule has 0 heterocycles. The summed E-state index contributed by atoms with van der Waals surface area (Å²) in [6.45, 7) is 1.74. The summed E-state index contributed by atoms with van der Waals surface area (Å²) in [5.74, 6) is 0. The van der Waals surface area contributed by atoms with E-state index in [2.05, 4.69) is 20.7 Å². The minimum atomic E-state index is -3.95. The Morgan fingerprint density at radius 3 is 2.50 bits per heavy atom. The van der Waals surface area contributed by atoms with Crippen LogP contribution in [-0.2, 0) is 10.0 Å². The van der Waals surface area contributed by atoms with E-state index in [0.717, 1.165) is 10.5 Å². The van der Waals surface area contributed by atoms with Crippen molar-refractivity contribution in [2.45, 2.75) is 11.8 Å². The van der Waals surface area contributed by atoms with E-state index < -0.39 is 20.6 Å². The third kappa shape index (κ3) is 3.57. The zero-order valence-corrected chi connectivity index (χ0v) is 14.4. The van der Waals surface area contributed by atoms with Crippen LogP contribution in [0.15, 0.2) is 45.8 Å². The van der Waals surface area contributed by atoms with Gasteiger partial charge in [0.25, 0.3) is 15.7 Å². The normalized spacial score (nSPS) is 11.2. The van der Waals surface area contributed by atoms with Crippen LogP contribution in [-0.4, -0.2) is 13.3 Å². The quantitative estimate of drug-likeness (QED) is 0.612. The summed E-state index contributed by atoms with van der Waals surface area (Å²) in [6.07, 6.45) is 0. The predicted molar refractivity (Wildman–Crippen MR) is 87.8 cm³/mol. The number of anilines is 1. The highest BCUT2D eigenvalue weighted by atomic mass is 79.9. The standard InChI is InChI=1S/C13H10BrClN2O4S/c1-8-6-9(14)2-5-12(8)16-22(20,21)10-3-4-11(15)13(7-10)17(18)19/h2-7,16H,1H3. The van der Waals surface area contributed by atoms with Gasteiger partial charge in [-0.25, -0.2) is 8.42 Å². The van der Waals surface area contributed by atoms with E-state index in [4.69, 9.17) is 11.6 Å². The highest BCUT2D eigenvalue weighted by Gasteiger charge is 2.21. The van der Waals surface area contributed by atoms with E-state index in [-0.39, 0.29) is 9.92 Å². The Bertz CT molecular complexity index is 855. The van der Waals surface area contributed by atoms with Crippen molar-refractivity contribution in [1.29, 1.82) is 0 Å². The van der Waals surface area contributed by atoms with Gasteiger partial charge in [-0.3, -0.25) is 14.8 Å². The van der Waals surface area contributed by atoms with E-state index >= 15 is 0 Å². The van der Waals surface area contributed by atoms with Crippen LogP contribution in [0.5, 0.6) is 0 Å². The molecule has 0 saturated heterocycles. The lowest BCUT2D eigenvalue weighted by Gasteiger charge is -2.11. The van der Waals surface area contributed by atoms with Gasteiger partial charge >= 0.3 is 0 Å². The molecule has 6 nitrogen and oxygen atoms in total. The predicted octanol–water partition coefficient (Wildman–Crippen LogP) is 4.12. The molecule has 0 aliphatic heterocycles. The second kappa shape index (κ2) is 6.23. The van der Waals surface area contributed by atoms with Crippen molar-refractivity contribution >= 4 is 48.9 Å². The molecule has 116 valence electrons. The molecule has 2 aromatic carbocycles. The molecule has 2 rings (SSSR count). The number of sulfonamides is 1. The van der Waals surface area contributed by atoms with Crippen LogP contribution < -0.4 is 4.72 Å². The lowest BCUT2D eigenvalue weighted by Crippen LogP contribution is -2.14. The molecule has 0 aliphatic rings. The first kappa shape index (κ1) is 16.7. The third-order valence-corrected chi connectivity index (χ3v) is 5.03. The summed E-state index contributed by atoms with van der Waals surface area (Å²) in [5.41, 5.74) is 0.638. The van der Waals surface area contributed by atoms with Crippen molar-refractivity contribution in [2.75, 3.05) is 4.72 Å². The largest absolute Gasteiger partial charge is 0.289 e. The van der Waals surface area contributed by atoms with Gasteiger partial charge in [0.05, 0.1) is 15.5 Å². The highest BCUT2D eigenvalue weighted by Crippen LogP contribution is 2.29. The smallest absolute Gasteiger partial charge is 0.279 e. The van der Waals surface area contributed by atoms with Gasteiger partial charge in [-0.05, 0) is 42.8 Å². The Labute approximate surface area is 140 Å². The fraction of sp³-hybridized carbons (Fsp3) is 0.0769. The van der Waals surface area contributed by atoms with Gasteiger partial charge in [0, 0.05) is 10.5 Å². The molecule has 0 spiro atoms. The Morgan fingerprint density at radius 2 is 1.91 bits per heavy atom. The van der Waals surface area contributed by atoms with Crippen molar-refractivity contribution < 1.29 is 13.3 Å². The fourth-order valence-electron chi connectivity index (χ4n) is 1.74. The fourth-order valence-corrected chi connectivity index (χ4v) is 3.56. The zero-order chi connectivity index (χ0) is 16.5. The molecule has 0 unspecified atom stereocenters. The number of benzene rings is 2. The van der Waals surface area contributed by atoms with Gasteiger partial charge in [-0.2, -0.15) is 0 Å². The molecular formula is C13H10BrClN2O4S. The van der Waals surface area contributed by atoms with Crippen LogP contribution in [0.2, 0.25) is 5.02 Å². The van der Waals surface area contributed by atoms with E-state index in [1.54, 1.807) is 25.1 Å². The third-order valence-electron chi connectivity index (χ3n) is 2.86. The molecule has 0 atom stereocenters. The van der Waals surface area contributed by atoms with Crippen LogP contribution >= 0.6 is 27.5 Å². The molecule has 9 heteroatoms. The molecule has 0 radical (unpaired) electrons. The number of nitro groups is 1. The second-order valence-corrected chi connectivity index (χ2v) is 7.44. The van der Waals surface area contributed by atoms with Gasteiger partial charge in [-0.15, -0.1) is 0 Å². The molecule has 0 fully saturated rings. The summed E-state index contributed by atoms with van der Waals surface area (Å²) in [6, 6.07) is 8.37. The maximum absolute atomic E-state index is 12.3. The summed E-state index contributed by atoms with van der Waals surface area (Å²) in [5, 5.41) is 10.7. The number of rotatable bonds is 4. The second-order valence-electron chi connectivity index (χ2n) is 4.44. The summed E-state index contributed by atoms with van der Waals surface area (Å²) in [4.78, 5) is 9.89. The molecule has 2 aromatic rings. The maximum atomic E-state index is 12.3. The number of hydrogen-bond acceptors (Lipinski definition) is 4. The number of nitro benzene ring substituents is 1. The van der Waals surface area contributed by atoms with Gasteiger partial charge < -0.3 is 0 Å². The highest BCUT2D eigenvalue weighted by molar-refractivity contribution is 9.10. The molecular weight excluding hydrogens is 396 g/mol. The minimum absolute atomic E-state index is 0.122. The number of nitrogens with zero attached hydrogens (tertiary/aromatic N) is 1. The van der Waals surface area contributed by atoms with Crippen molar-refractivity contribution in [3.8, 4) is 0 Å². The Balaban J connectivity index is 2.42. The summed E-state index contributed by atoms with van der Waals surface area (Å²) >= 11 is 8.97. The Kier molecular flexibility index (Phi) is 4.74. The minimum Gasteiger partial charge on any atom is -0.279 e.